The molecule has 7 heteroatoms. The van der Waals surface area contributed by atoms with Crippen LogP contribution in [0.15, 0.2) is 34.9 Å². The Morgan fingerprint density at radius 3 is 2.65 bits per heavy atom. The third-order valence-electron chi connectivity index (χ3n) is 3.02. The first-order chi connectivity index (χ1) is 11.1. The number of aromatic nitrogens is 1. The predicted octanol–water partition coefficient (Wildman–Crippen LogP) is 2.59. The topological polar surface area (TPSA) is 90.7 Å². The third-order valence-corrected chi connectivity index (χ3v) is 3.02. The van der Waals surface area contributed by atoms with E-state index in [-0.39, 0.29) is 31.1 Å². The first-order valence-corrected chi connectivity index (χ1v) is 7.18. The average Bonchev–Trinajstić information content (AvgIpc) is 2.93. The van der Waals surface area contributed by atoms with E-state index in [0.29, 0.717) is 5.69 Å². The van der Waals surface area contributed by atoms with Crippen molar-refractivity contribution >= 4 is 12.1 Å². The van der Waals surface area contributed by atoms with Gasteiger partial charge in [0.1, 0.15) is 12.2 Å². The Balaban J connectivity index is 1.88. The highest BCUT2D eigenvalue weighted by molar-refractivity contribution is 5.91. The Bertz CT molecular complexity index is 666. The second-order valence-corrected chi connectivity index (χ2v) is 4.70. The normalized spacial score (nSPS) is 10.2. The number of benzene rings is 1. The average molecular weight is 318 g/mol. The number of carbonyl (C=O) groups is 2. The van der Waals surface area contributed by atoms with Gasteiger partial charge in [-0.1, -0.05) is 35.5 Å². The molecule has 0 radical (unpaired) electrons. The van der Waals surface area contributed by atoms with Gasteiger partial charge in [-0.05, 0) is 19.4 Å². The van der Waals surface area contributed by atoms with Crippen LogP contribution < -0.4 is 5.32 Å². The minimum atomic E-state index is -0.613. The van der Waals surface area contributed by atoms with E-state index in [1.165, 1.54) is 0 Å². The van der Waals surface area contributed by atoms with Crippen LogP contribution in [0.1, 0.15) is 34.3 Å². The van der Waals surface area contributed by atoms with Crippen molar-refractivity contribution in [1.29, 1.82) is 0 Å². The maximum atomic E-state index is 11.8. The van der Waals surface area contributed by atoms with Crippen LogP contribution in [0.25, 0.3) is 0 Å². The smallest absolute Gasteiger partial charge is 0.407 e. The first kappa shape index (κ1) is 16.5. The zero-order chi connectivity index (χ0) is 16.7. The quantitative estimate of drug-likeness (QED) is 0.823. The van der Waals surface area contributed by atoms with Crippen molar-refractivity contribution in [3.05, 3.63) is 52.9 Å². The Morgan fingerprint density at radius 1 is 1.22 bits per heavy atom. The molecule has 0 aliphatic carbocycles. The molecule has 0 unspecified atom stereocenters. The largest absolute Gasteiger partial charge is 0.462 e. The van der Waals surface area contributed by atoms with Gasteiger partial charge < -0.3 is 19.3 Å². The van der Waals surface area contributed by atoms with Gasteiger partial charge in [-0.15, -0.1) is 0 Å². The van der Waals surface area contributed by atoms with Gasteiger partial charge in [-0.3, -0.25) is 0 Å². The fraction of sp³-hybridized carbons (Fsp3) is 0.312. The molecule has 2 rings (SSSR count). The minimum Gasteiger partial charge on any atom is -0.462 e. The number of nitrogens with zero attached hydrogens (tertiary/aromatic N) is 1. The summed E-state index contributed by atoms with van der Waals surface area (Å²) in [4.78, 5) is 23.5. The van der Waals surface area contributed by atoms with Crippen LogP contribution in [0.2, 0.25) is 0 Å². The van der Waals surface area contributed by atoms with Gasteiger partial charge >= 0.3 is 12.1 Å². The summed E-state index contributed by atoms with van der Waals surface area (Å²) in [6.07, 6.45) is -0.613. The number of alkyl carbamates (subject to hydrolysis) is 1. The number of esters is 1. The summed E-state index contributed by atoms with van der Waals surface area (Å²) in [7, 11) is 0. The molecule has 1 aromatic heterocycles. The predicted molar refractivity (Wildman–Crippen MR) is 80.7 cm³/mol. The molecule has 0 aliphatic rings. The standard InChI is InChI=1S/C16H18N2O5/c1-3-21-15(19)14-11(2)18-23-13(14)9-17-16(20)22-10-12-7-5-4-6-8-12/h4-8H,3,9-10H2,1-2H3,(H,17,20). The molecule has 0 spiro atoms. The summed E-state index contributed by atoms with van der Waals surface area (Å²) >= 11 is 0. The van der Waals surface area contributed by atoms with Crippen molar-refractivity contribution in [1.82, 2.24) is 10.5 Å². The molecule has 1 amide bonds. The number of carbonyl (C=O) groups excluding carboxylic acids is 2. The number of amides is 1. The molecule has 1 N–H and O–H groups in total. The lowest BCUT2D eigenvalue weighted by Gasteiger charge is -2.06. The fourth-order valence-corrected chi connectivity index (χ4v) is 1.93. The molecule has 122 valence electrons. The van der Waals surface area contributed by atoms with E-state index in [4.69, 9.17) is 14.0 Å². The lowest BCUT2D eigenvalue weighted by molar-refractivity contribution is 0.0522. The second kappa shape index (κ2) is 7.98. The summed E-state index contributed by atoms with van der Waals surface area (Å²) in [6, 6.07) is 9.31. The van der Waals surface area contributed by atoms with Gasteiger partial charge in [0.05, 0.1) is 18.8 Å². The number of rotatable bonds is 6. The number of aryl methyl sites for hydroxylation is 1. The highest BCUT2D eigenvalue weighted by Gasteiger charge is 2.22. The Labute approximate surface area is 133 Å². The van der Waals surface area contributed by atoms with E-state index in [9.17, 15) is 9.59 Å². The summed E-state index contributed by atoms with van der Waals surface area (Å²) in [6.45, 7) is 3.73. The zero-order valence-electron chi connectivity index (χ0n) is 13.0. The Kier molecular flexibility index (Phi) is 5.74. The van der Waals surface area contributed by atoms with Crippen molar-refractivity contribution in [3.63, 3.8) is 0 Å². The van der Waals surface area contributed by atoms with Crippen LogP contribution in [0.3, 0.4) is 0 Å². The molecule has 0 saturated heterocycles. The van der Waals surface area contributed by atoms with Crippen LogP contribution in [-0.2, 0) is 22.6 Å². The van der Waals surface area contributed by atoms with E-state index in [2.05, 4.69) is 10.5 Å². The Hall–Kier alpha value is -2.83. The fourth-order valence-electron chi connectivity index (χ4n) is 1.93. The minimum absolute atomic E-state index is 0.0113. The van der Waals surface area contributed by atoms with Crippen molar-refractivity contribution in [2.45, 2.75) is 27.0 Å². The molecule has 2 aromatic rings. The molecule has 1 heterocycles. The molecule has 0 fully saturated rings. The molecule has 1 aromatic carbocycles. The Morgan fingerprint density at radius 2 is 1.96 bits per heavy atom. The van der Waals surface area contributed by atoms with E-state index < -0.39 is 12.1 Å². The van der Waals surface area contributed by atoms with E-state index in [0.717, 1.165) is 5.56 Å². The van der Waals surface area contributed by atoms with Crippen molar-refractivity contribution in [3.8, 4) is 0 Å². The second-order valence-electron chi connectivity index (χ2n) is 4.70. The van der Waals surface area contributed by atoms with Gasteiger partial charge in [-0.25, -0.2) is 9.59 Å². The maximum Gasteiger partial charge on any atom is 0.407 e. The number of hydrogen-bond donors (Lipinski definition) is 1. The lowest BCUT2D eigenvalue weighted by atomic mass is 10.2. The van der Waals surface area contributed by atoms with Gasteiger partial charge in [0.15, 0.2) is 5.76 Å². The highest BCUT2D eigenvalue weighted by atomic mass is 16.5. The van der Waals surface area contributed by atoms with Crippen molar-refractivity contribution < 1.29 is 23.6 Å². The molecule has 0 atom stereocenters. The van der Waals surface area contributed by atoms with Crippen molar-refractivity contribution in [2.24, 2.45) is 0 Å². The number of hydrogen-bond acceptors (Lipinski definition) is 6. The summed E-state index contributed by atoms with van der Waals surface area (Å²) in [5.41, 5.74) is 1.53. The zero-order valence-corrected chi connectivity index (χ0v) is 13.0. The molecule has 23 heavy (non-hydrogen) atoms. The number of nitrogens with one attached hydrogen (secondary N) is 1. The number of ether oxygens (including phenoxy) is 2. The van der Waals surface area contributed by atoms with Crippen LogP contribution in [0, 0.1) is 6.92 Å². The summed E-state index contributed by atoms with van der Waals surface area (Å²) < 4.78 is 15.1. The summed E-state index contributed by atoms with van der Waals surface area (Å²) in [5, 5.41) is 6.24. The van der Waals surface area contributed by atoms with Crippen LogP contribution in [-0.4, -0.2) is 23.8 Å². The molecule has 0 saturated carbocycles. The first-order valence-electron chi connectivity index (χ1n) is 7.18. The van der Waals surface area contributed by atoms with Gasteiger partial charge in [0.25, 0.3) is 0 Å². The van der Waals surface area contributed by atoms with E-state index >= 15 is 0 Å². The van der Waals surface area contributed by atoms with Gasteiger partial charge in [0, 0.05) is 0 Å². The summed E-state index contributed by atoms with van der Waals surface area (Å²) in [5.74, 6) is -0.293. The molecular formula is C16H18N2O5. The third kappa shape index (κ3) is 4.57. The molecular weight excluding hydrogens is 300 g/mol. The van der Waals surface area contributed by atoms with Crippen molar-refractivity contribution in [2.75, 3.05) is 6.61 Å². The van der Waals surface area contributed by atoms with Gasteiger partial charge in [0.2, 0.25) is 0 Å². The maximum absolute atomic E-state index is 11.8. The molecule has 0 bridgehead atoms. The van der Waals surface area contributed by atoms with Crippen LogP contribution in [0.4, 0.5) is 4.79 Å². The SMILES string of the molecule is CCOC(=O)c1c(C)noc1CNC(=O)OCc1ccccc1. The molecule has 7 nitrogen and oxygen atoms in total. The van der Waals surface area contributed by atoms with E-state index in [1.54, 1.807) is 13.8 Å². The van der Waals surface area contributed by atoms with Crippen LogP contribution >= 0.6 is 0 Å². The van der Waals surface area contributed by atoms with Gasteiger partial charge in [-0.2, -0.15) is 0 Å². The molecule has 0 aliphatic heterocycles. The van der Waals surface area contributed by atoms with E-state index in [1.807, 2.05) is 30.3 Å². The lowest BCUT2D eigenvalue weighted by Crippen LogP contribution is -2.24. The van der Waals surface area contributed by atoms with Crippen LogP contribution in [0.5, 0.6) is 0 Å². The highest BCUT2D eigenvalue weighted by Crippen LogP contribution is 2.15. The monoisotopic (exact) mass is 318 g/mol.